The number of thiazole rings is 1. The van der Waals surface area contributed by atoms with Gasteiger partial charge in [-0.3, -0.25) is 14.8 Å². The Morgan fingerprint density at radius 3 is 2.71 bits per heavy atom. The molecule has 3 rings (SSSR count). The van der Waals surface area contributed by atoms with E-state index in [9.17, 15) is 18.5 Å². The highest BCUT2D eigenvalue weighted by molar-refractivity contribution is 7.93. The first-order chi connectivity index (χ1) is 11.3. The molecule has 0 saturated heterocycles. The van der Waals surface area contributed by atoms with Gasteiger partial charge in [0, 0.05) is 6.07 Å². The van der Waals surface area contributed by atoms with Gasteiger partial charge in [-0.25, -0.2) is 13.4 Å². The molecule has 1 N–H and O–H groups in total. The van der Waals surface area contributed by atoms with Crippen molar-refractivity contribution in [1.82, 2.24) is 4.98 Å². The number of para-hydroxylation sites is 1. The largest absolute Gasteiger partial charge is 0.289 e. The Kier molecular flexibility index (Phi) is 4.16. The molecular formula is C14H10ClN3O4S2. The summed E-state index contributed by atoms with van der Waals surface area (Å²) in [6.45, 7) is 1.88. The molecule has 0 spiro atoms. The molecule has 0 unspecified atom stereocenters. The van der Waals surface area contributed by atoms with Gasteiger partial charge >= 0.3 is 0 Å². The molecule has 1 heterocycles. The Labute approximate surface area is 146 Å². The molecule has 0 bridgehead atoms. The van der Waals surface area contributed by atoms with Crippen molar-refractivity contribution in [3.05, 3.63) is 57.1 Å². The number of hydrogen-bond donors (Lipinski definition) is 1. The number of halogens is 1. The summed E-state index contributed by atoms with van der Waals surface area (Å²) in [6, 6.07) is 8.88. The van der Waals surface area contributed by atoms with Gasteiger partial charge in [0.25, 0.3) is 15.7 Å². The molecule has 0 fully saturated rings. The number of nitrogens with zero attached hydrogens (tertiary/aromatic N) is 2. The summed E-state index contributed by atoms with van der Waals surface area (Å²) >= 11 is 6.89. The van der Waals surface area contributed by atoms with Crippen LogP contribution in [0, 0.1) is 17.0 Å². The zero-order chi connectivity index (χ0) is 17.5. The maximum Gasteiger partial charge on any atom is 0.289 e. The maximum absolute atomic E-state index is 12.4. The number of nitrogens with one attached hydrogen (secondary N) is 1. The van der Waals surface area contributed by atoms with E-state index in [1.54, 1.807) is 0 Å². The molecule has 2 aromatic carbocycles. The number of nitro groups is 1. The molecule has 0 aliphatic heterocycles. The molecule has 10 heteroatoms. The molecule has 7 nitrogen and oxygen atoms in total. The Morgan fingerprint density at radius 2 is 2.04 bits per heavy atom. The number of benzene rings is 2. The van der Waals surface area contributed by atoms with Gasteiger partial charge in [0.05, 0.1) is 20.0 Å². The summed E-state index contributed by atoms with van der Waals surface area (Å²) in [4.78, 5) is 14.2. The van der Waals surface area contributed by atoms with Gasteiger partial charge in [-0.15, -0.1) is 0 Å². The van der Waals surface area contributed by atoms with Crippen LogP contribution in [0.5, 0.6) is 0 Å². The van der Waals surface area contributed by atoms with Crippen LogP contribution in [0.15, 0.2) is 41.3 Å². The van der Waals surface area contributed by atoms with E-state index < -0.39 is 20.6 Å². The minimum Gasteiger partial charge on any atom is -0.258 e. The molecule has 0 radical (unpaired) electrons. The third-order valence-corrected chi connectivity index (χ3v) is 5.99. The smallest absolute Gasteiger partial charge is 0.258 e. The lowest BCUT2D eigenvalue weighted by Gasteiger charge is -2.05. The number of aromatic nitrogens is 1. The first-order valence-corrected chi connectivity index (χ1v) is 9.28. The monoisotopic (exact) mass is 383 g/mol. The fourth-order valence-electron chi connectivity index (χ4n) is 2.10. The third kappa shape index (κ3) is 3.05. The fraction of sp³-hybridized carbons (Fsp3) is 0.0714. The standard InChI is InChI=1S/C14H10ClN3O4S2/c1-8-3-2-4-12-13(8)16-14(23-12)17-24(21,22)9-5-6-10(15)11(7-9)18(19)20/h2-7H,1H3,(H,16,17). The number of nitro benzene ring substituents is 1. The summed E-state index contributed by atoms with van der Waals surface area (Å²) in [5.74, 6) is 0. The van der Waals surface area contributed by atoms with Crippen LogP contribution >= 0.6 is 22.9 Å². The van der Waals surface area contributed by atoms with Gasteiger partial charge in [-0.1, -0.05) is 35.1 Å². The van der Waals surface area contributed by atoms with Crippen LogP contribution in [0.4, 0.5) is 10.8 Å². The van der Waals surface area contributed by atoms with Crippen molar-refractivity contribution in [2.24, 2.45) is 0 Å². The molecule has 0 aliphatic carbocycles. The predicted octanol–water partition coefficient (Wildman–Crippen LogP) is 3.97. The summed E-state index contributed by atoms with van der Waals surface area (Å²) in [7, 11) is -4.01. The Bertz CT molecular complexity index is 1060. The lowest BCUT2D eigenvalue weighted by Crippen LogP contribution is -2.13. The van der Waals surface area contributed by atoms with Crippen molar-refractivity contribution in [3.63, 3.8) is 0 Å². The topological polar surface area (TPSA) is 102 Å². The van der Waals surface area contributed by atoms with Crippen molar-refractivity contribution in [2.75, 3.05) is 4.72 Å². The summed E-state index contributed by atoms with van der Waals surface area (Å²) in [6.07, 6.45) is 0. The van der Waals surface area contributed by atoms with Crippen LogP contribution in [0.25, 0.3) is 10.2 Å². The van der Waals surface area contributed by atoms with Gasteiger partial charge in [0.1, 0.15) is 5.02 Å². The van der Waals surface area contributed by atoms with Crippen molar-refractivity contribution < 1.29 is 13.3 Å². The average Bonchev–Trinajstić information content (AvgIpc) is 2.90. The molecule has 0 amide bonds. The fourth-order valence-corrected chi connectivity index (χ4v) is 4.49. The zero-order valence-electron chi connectivity index (χ0n) is 12.2. The van der Waals surface area contributed by atoms with Gasteiger partial charge in [0.15, 0.2) is 5.13 Å². The van der Waals surface area contributed by atoms with E-state index in [4.69, 9.17) is 11.6 Å². The predicted molar refractivity (Wildman–Crippen MR) is 93.3 cm³/mol. The van der Waals surface area contributed by atoms with E-state index in [-0.39, 0.29) is 15.0 Å². The highest BCUT2D eigenvalue weighted by Crippen LogP contribution is 2.31. The van der Waals surface area contributed by atoms with Crippen LogP contribution in [-0.4, -0.2) is 18.3 Å². The molecule has 24 heavy (non-hydrogen) atoms. The lowest BCUT2D eigenvalue weighted by molar-refractivity contribution is -0.384. The minimum atomic E-state index is -4.01. The second-order valence-electron chi connectivity index (χ2n) is 4.92. The van der Waals surface area contributed by atoms with Crippen LogP contribution in [0.1, 0.15) is 5.56 Å². The second kappa shape index (κ2) is 6.00. The van der Waals surface area contributed by atoms with E-state index in [1.165, 1.54) is 23.5 Å². The normalized spacial score (nSPS) is 11.6. The summed E-state index contributed by atoms with van der Waals surface area (Å²) in [5.41, 5.74) is 1.17. The van der Waals surface area contributed by atoms with E-state index in [0.717, 1.165) is 16.3 Å². The number of rotatable bonds is 4. The van der Waals surface area contributed by atoms with E-state index in [0.29, 0.717) is 5.52 Å². The Morgan fingerprint density at radius 1 is 1.29 bits per heavy atom. The Hall–Kier alpha value is -2.23. The highest BCUT2D eigenvalue weighted by atomic mass is 35.5. The van der Waals surface area contributed by atoms with Gasteiger partial charge in [-0.2, -0.15) is 0 Å². The van der Waals surface area contributed by atoms with E-state index >= 15 is 0 Å². The van der Waals surface area contributed by atoms with Crippen molar-refractivity contribution in [1.29, 1.82) is 0 Å². The highest BCUT2D eigenvalue weighted by Gasteiger charge is 2.22. The summed E-state index contributed by atoms with van der Waals surface area (Å²) in [5, 5.41) is 11.0. The molecule has 3 aromatic rings. The Balaban J connectivity index is 2.00. The van der Waals surface area contributed by atoms with Crippen LogP contribution < -0.4 is 4.72 Å². The quantitative estimate of drug-likeness (QED) is 0.542. The second-order valence-corrected chi connectivity index (χ2v) is 8.04. The first-order valence-electron chi connectivity index (χ1n) is 6.61. The van der Waals surface area contributed by atoms with E-state index in [1.807, 2.05) is 25.1 Å². The van der Waals surface area contributed by atoms with Crippen molar-refractivity contribution in [2.45, 2.75) is 11.8 Å². The molecular weight excluding hydrogens is 374 g/mol. The van der Waals surface area contributed by atoms with Crippen LogP contribution in [0.2, 0.25) is 5.02 Å². The number of fused-ring (bicyclic) bond motifs is 1. The van der Waals surface area contributed by atoms with Gasteiger partial charge < -0.3 is 0 Å². The molecule has 1 aromatic heterocycles. The maximum atomic E-state index is 12.4. The molecule has 0 saturated carbocycles. The lowest BCUT2D eigenvalue weighted by atomic mass is 10.2. The average molecular weight is 384 g/mol. The number of anilines is 1. The van der Waals surface area contributed by atoms with Gasteiger partial charge in [-0.05, 0) is 30.7 Å². The van der Waals surface area contributed by atoms with Gasteiger partial charge in [0.2, 0.25) is 0 Å². The molecule has 0 aliphatic rings. The SMILES string of the molecule is Cc1cccc2sc(NS(=O)(=O)c3ccc(Cl)c([N+](=O)[O-])c3)nc12. The van der Waals surface area contributed by atoms with Crippen molar-refractivity contribution >= 4 is 54.0 Å². The number of hydrogen-bond acceptors (Lipinski definition) is 6. The third-order valence-electron chi connectivity index (χ3n) is 3.27. The van der Waals surface area contributed by atoms with Crippen LogP contribution in [-0.2, 0) is 10.0 Å². The van der Waals surface area contributed by atoms with E-state index in [2.05, 4.69) is 9.71 Å². The molecule has 0 atom stereocenters. The molecule has 124 valence electrons. The van der Waals surface area contributed by atoms with Crippen LogP contribution in [0.3, 0.4) is 0 Å². The minimum absolute atomic E-state index is 0.130. The zero-order valence-corrected chi connectivity index (χ0v) is 14.6. The number of aryl methyl sites for hydroxylation is 1. The first kappa shape index (κ1) is 16.6. The summed E-state index contributed by atoms with van der Waals surface area (Å²) < 4.78 is 28.1. The number of sulfonamides is 1. The van der Waals surface area contributed by atoms with Crippen molar-refractivity contribution in [3.8, 4) is 0 Å².